The molecule has 0 saturated carbocycles. The van der Waals surface area contributed by atoms with Gasteiger partial charge < -0.3 is 10.1 Å². The van der Waals surface area contributed by atoms with Gasteiger partial charge in [-0.1, -0.05) is 13.8 Å². The molecule has 1 rings (SSSR count). The first-order chi connectivity index (χ1) is 6.79. The molecule has 14 heavy (non-hydrogen) atoms. The molecule has 78 valence electrons. The summed E-state index contributed by atoms with van der Waals surface area (Å²) in [4.78, 5) is 3.94. The molecule has 0 bridgehead atoms. The second kappa shape index (κ2) is 6.38. The number of aromatic nitrogens is 1. The highest BCUT2D eigenvalue weighted by molar-refractivity contribution is 5.40. The van der Waals surface area contributed by atoms with Crippen molar-refractivity contribution in [2.75, 3.05) is 25.1 Å². The van der Waals surface area contributed by atoms with Crippen LogP contribution in [0.1, 0.15) is 13.8 Å². The Hall–Kier alpha value is -1.09. The van der Waals surface area contributed by atoms with E-state index in [0.717, 1.165) is 25.4 Å². The molecule has 0 atom stereocenters. The van der Waals surface area contributed by atoms with Crippen molar-refractivity contribution >= 4 is 5.69 Å². The standard InChI is InChI=1S/C11H18N2O/c1-10(2)9-14-8-7-13-11-3-5-12-6-4-11/h3-6,10H,7-9H2,1-2H3,(H,12,13). The van der Waals surface area contributed by atoms with Crippen molar-refractivity contribution in [1.29, 1.82) is 0 Å². The molecule has 0 aliphatic carbocycles. The lowest BCUT2D eigenvalue weighted by molar-refractivity contribution is 0.118. The van der Waals surface area contributed by atoms with Crippen LogP contribution in [0, 0.1) is 5.92 Å². The van der Waals surface area contributed by atoms with Crippen LogP contribution in [0.5, 0.6) is 0 Å². The van der Waals surface area contributed by atoms with Crippen molar-refractivity contribution in [3.63, 3.8) is 0 Å². The zero-order chi connectivity index (χ0) is 10.2. The molecule has 0 aliphatic rings. The molecule has 0 amide bonds. The van der Waals surface area contributed by atoms with Crippen molar-refractivity contribution in [3.05, 3.63) is 24.5 Å². The van der Waals surface area contributed by atoms with E-state index in [1.54, 1.807) is 12.4 Å². The highest BCUT2D eigenvalue weighted by Crippen LogP contribution is 2.01. The van der Waals surface area contributed by atoms with Crippen LogP contribution in [0.4, 0.5) is 5.69 Å². The highest BCUT2D eigenvalue weighted by atomic mass is 16.5. The van der Waals surface area contributed by atoms with Gasteiger partial charge in [0.15, 0.2) is 0 Å². The lowest BCUT2D eigenvalue weighted by Crippen LogP contribution is -2.11. The maximum Gasteiger partial charge on any atom is 0.0639 e. The Morgan fingerprint density at radius 2 is 2.07 bits per heavy atom. The number of hydrogen-bond acceptors (Lipinski definition) is 3. The lowest BCUT2D eigenvalue weighted by Gasteiger charge is -2.08. The summed E-state index contributed by atoms with van der Waals surface area (Å²) in [6, 6.07) is 3.89. The minimum atomic E-state index is 0.607. The molecule has 0 unspecified atom stereocenters. The van der Waals surface area contributed by atoms with E-state index in [9.17, 15) is 0 Å². The van der Waals surface area contributed by atoms with Crippen molar-refractivity contribution < 1.29 is 4.74 Å². The number of ether oxygens (including phenoxy) is 1. The Kier molecular flexibility index (Phi) is 5.00. The van der Waals surface area contributed by atoms with Gasteiger partial charge in [0.05, 0.1) is 6.61 Å². The zero-order valence-corrected chi connectivity index (χ0v) is 8.86. The SMILES string of the molecule is CC(C)COCCNc1ccncc1. The quantitative estimate of drug-likeness (QED) is 0.705. The minimum absolute atomic E-state index is 0.607. The molecule has 0 spiro atoms. The monoisotopic (exact) mass is 194 g/mol. The van der Waals surface area contributed by atoms with Gasteiger partial charge in [-0.15, -0.1) is 0 Å². The van der Waals surface area contributed by atoms with Gasteiger partial charge in [0, 0.05) is 31.2 Å². The molecule has 1 N–H and O–H groups in total. The number of hydrogen-bond donors (Lipinski definition) is 1. The summed E-state index contributed by atoms with van der Waals surface area (Å²) in [7, 11) is 0. The summed E-state index contributed by atoms with van der Waals surface area (Å²) in [5.74, 6) is 0.607. The van der Waals surface area contributed by atoms with Crippen molar-refractivity contribution in [2.24, 2.45) is 5.92 Å². The lowest BCUT2D eigenvalue weighted by atomic mass is 10.2. The van der Waals surface area contributed by atoms with E-state index in [1.807, 2.05) is 12.1 Å². The van der Waals surface area contributed by atoms with Crippen molar-refractivity contribution in [2.45, 2.75) is 13.8 Å². The fraction of sp³-hybridized carbons (Fsp3) is 0.545. The van der Waals surface area contributed by atoms with Crippen LogP contribution in [-0.2, 0) is 4.74 Å². The number of nitrogens with one attached hydrogen (secondary N) is 1. The van der Waals surface area contributed by atoms with Crippen LogP contribution in [0.15, 0.2) is 24.5 Å². The van der Waals surface area contributed by atoms with Gasteiger partial charge >= 0.3 is 0 Å². The fourth-order valence-corrected chi connectivity index (χ4v) is 1.06. The average molecular weight is 194 g/mol. The molecule has 0 aliphatic heterocycles. The molecule has 0 radical (unpaired) electrons. The van der Waals surface area contributed by atoms with E-state index in [0.29, 0.717) is 5.92 Å². The van der Waals surface area contributed by atoms with Crippen LogP contribution in [-0.4, -0.2) is 24.7 Å². The largest absolute Gasteiger partial charge is 0.383 e. The third-order valence-electron chi connectivity index (χ3n) is 1.71. The summed E-state index contributed by atoms with van der Waals surface area (Å²) in [6.07, 6.45) is 3.55. The van der Waals surface area contributed by atoms with E-state index in [4.69, 9.17) is 4.74 Å². The molecule has 3 nitrogen and oxygen atoms in total. The number of anilines is 1. The molecular formula is C11H18N2O. The summed E-state index contributed by atoms with van der Waals surface area (Å²) >= 11 is 0. The molecule has 0 aromatic carbocycles. The Morgan fingerprint density at radius 1 is 1.36 bits per heavy atom. The molecule has 0 fully saturated rings. The van der Waals surface area contributed by atoms with Gasteiger partial charge in [0.1, 0.15) is 0 Å². The number of nitrogens with zero attached hydrogens (tertiary/aromatic N) is 1. The average Bonchev–Trinajstić information content (AvgIpc) is 2.18. The Morgan fingerprint density at radius 3 is 2.71 bits per heavy atom. The van der Waals surface area contributed by atoms with E-state index < -0.39 is 0 Å². The summed E-state index contributed by atoms with van der Waals surface area (Å²) in [5.41, 5.74) is 1.09. The van der Waals surface area contributed by atoms with E-state index >= 15 is 0 Å². The third-order valence-corrected chi connectivity index (χ3v) is 1.71. The molecule has 1 aromatic rings. The first-order valence-corrected chi connectivity index (χ1v) is 5.00. The van der Waals surface area contributed by atoms with Crippen molar-refractivity contribution in [3.8, 4) is 0 Å². The van der Waals surface area contributed by atoms with Gasteiger partial charge in [-0.2, -0.15) is 0 Å². The topological polar surface area (TPSA) is 34.1 Å². The fourth-order valence-electron chi connectivity index (χ4n) is 1.06. The van der Waals surface area contributed by atoms with Gasteiger partial charge in [-0.3, -0.25) is 4.98 Å². The number of rotatable bonds is 6. The first kappa shape index (κ1) is 11.0. The predicted octanol–water partition coefficient (Wildman–Crippen LogP) is 2.17. The van der Waals surface area contributed by atoms with Crippen LogP contribution in [0.25, 0.3) is 0 Å². The van der Waals surface area contributed by atoms with Crippen LogP contribution >= 0.6 is 0 Å². The van der Waals surface area contributed by atoms with Gasteiger partial charge in [0.25, 0.3) is 0 Å². The maximum atomic E-state index is 5.44. The highest BCUT2D eigenvalue weighted by Gasteiger charge is 1.93. The third kappa shape index (κ3) is 4.82. The van der Waals surface area contributed by atoms with Gasteiger partial charge in [-0.25, -0.2) is 0 Å². The van der Waals surface area contributed by atoms with Crippen LogP contribution in [0.3, 0.4) is 0 Å². The predicted molar refractivity (Wildman–Crippen MR) is 58.4 cm³/mol. The first-order valence-electron chi connectivity index (χ1n) is 5.00. The Labute approximate surface area is 85.5 Å². The maximum absolute atomic E-state index is 5.44. The van der Waals surface area contributed by atoms with E-state index in [-0.39, 0.29) is 0 Å². The van der Waals surface area contributed by atoms with Gasteiger partial charge in [0.2, 0.25) is 0 Å². The molecule has 0 saturated heterocycles. The van der Waals surface area contributed by atoms with E-state index in [1.165, 1.54) is 0 Å². The summed E-state index contributed by atoms with van der Waals surface area (Å²) in [5, 5.41) is 3.25. The Bertz CT molecular complexity index is 236. The smallest absolute Gasteiger partial charge is 0.0639 e. The zero-order valence-electron chi connectivity index (χ0n) is 8.86. The summed E-state index contributed by atoms with van der Waals surface area (Å²) in [6.45, 7) is 6.72. The van der Waals surface area contributed by atoms with Crippen LogP contribution in [0.2, 0.25) is 0 Å². The number of pyridine rings is 1. The van der Waals surface area contributed by atoms with Crippen molar-refractivity contribution in [1.82, 2.24) is 4.98 Å². The molecule has 3 heteroatoms. The minimum Gasteiger partial charge on any atom is -0.383 e. The molecular weight excluding hydrogens is 176 g/mol. The Balaban J connectivity index is 2.05. The van der Waals surface area contributed by atoms with E-state index in [2.05, 4.69) is 24.1 Å². The second-order valence-corrected chi connectivity index (χ2v) is 3.63. The van der Waals surface area contributed by atoms with Gasteiger partial charge in [-0.05, 0) is 18.1 Å². The normalized spacial score (nSPS) is 10.5. The van der Waals surface area contributed by atoms with Crippen LogP contribution < -0.4 is 5.32 Å². The molecule has 1 aromatic heterocycles. The summed E-state index contributed by atoms with van der Waals surface area (Å²) < 4.78 is 5.44. The molecule has 1 heterocycles. The second-order valence-electron chi connectivity index (χ2n) is 3.63.